The Morgan fingerprint density at radius 2 is 2.31 bits per heavy atom. The zero-order chi connectivity index (χ0) is 9.68. The van der Waals surface area contributed by atoms with Crippen molar-refractivity contribution < 1.29 is 9.53 Å². The second kappa shape index (κ2) is 4.35. The van der Waals surface area contributed by atoms with Crippen molar-refractivity contribution >= 4 is 11.5 Å². The van der Waals surface area contributed by atoms with E-state index < -0.39 is 0 Å². The lowest BCUT2D eigenvalue weighted by molar-refractivity contribution is -0.134. The molecule has 0 aliphatic heterocycles. The van der Waals surface area contributed by atoms with Crippen molar-refractivity contribution in [1.82, 2.24) is 9.97 Å². The van der Waals surface area contributed by atoms with Gasteiger partial charge < -0.3 is 4.74 Å². The molecule has 1 rings (SSSR count). The van der Waals surface area contributed by atoms with E-state index in [-0.39, 0.29) is 5.97 Å². The molecule has 0 saturated heterocycles. The first kappa shape index (κ1) is 9.38. The summed E-state index contributed by atoms with van der Waals surface area (Å²) in [6.45, 7) is 1.78. The molecule has 0 saturated carbocycles. The van der Waals surface area contributed by atoms with E-state index >= 15 is 0 Å². The fourth-order valence-electron chi connectivity index (χ4n) is 0.812. The number of hydrogen-bond acceptors (Lipinski definition) is 4. The maximum absolute atomic E-state index is 10.8. The number of carbonyl (C=O) groups excluding carboxylic acids is 1. The molecule has 13 heavy (non-hydrogen) atoms. The highest BCUT2D eigenvalue weighted by Crippen LogP contribution is 2.07. The zero-order valence-corrected chi connectivity index (χ0v) is 7.52. The smallest absolute Gasteiger partial charge is 0.330 e. The topological polar surface area (TPSA) is 52.1 Å². The van der Waals surface area contributed by atoms with E-state index in [0.717, 1.165) is 5.57 Å². The minimum Gasteiger partial charge on any atom is -0.466 e. The molecular weight excluding hydrogens is 168 g/mol. The maximum Gasteiger partial charge on any atom is 0.330 e. The second-order valence-corrected chi connectivity index (χ2v) is 2.44. The normalized spacial score (nSPS) is 11.1. The first-order chi connectivity index (χ1) is 6.24. The Bertz CT molecular complexity index is 320. The average molecular weight is 178 g/mol. The predicted octanol–water partition coefficient (Wildman–Crippen LogP) is 1.05. The number of allylic oxidation sites excluding steroid dienone is 1. The molecule has 4 nitrogen and oxygen atoms in total. The molecule has 4 heteroatoms. The minimum atomic E-state index is -0.386. The molecule has 0 aromatic carbocycles. The number of hydrogen-bond donors (Lipinski definition) is 0. The molecular formula is C9H10N2O2. The Labute approximate surface area is 76.3 Å². The average Bonchev–Trinajstić information content (AvgIpc) is 2.19. The van der Waals surface area contributed by atoms with Crippen LogP contribution in [0.5, 0.6) is 0 Å². The molecule has 0 bridgehead atoms. The number of carbonyl (C=O) groups is 1. The molecule has 0 spiro atoms. The zero-order valence-electron chi connectivity index (χ0n) is 7.52. The van der Waals surface area contributed by atoms with E-state index in [2.05, 4.69) is 14.7 Å². The molecule has 0 radical (unpaired) electrons. The summed E-state index contributed by atoms with van der Waals surface area (Å²) < 4.78 is 4.48. The third-order valence-corrected chi connectivity index (χ3v) is 1.50. The van der Waals surface area contributed by atoms with Crippen molar-refractivity contribution in [3.63, 3.8) is 0 Å². The fourth-order valence-corrected chi connectivity index (χ4v) is 0.812. The summed E-state index contributed by atoms with van der Waals surface area (Å²) in [5.74, 6) is -0.386. The maximum atomic E-state index is 10.8. The Morgan fingerprint density at radius 1 is 1.54 bits per heavy atom. The van der Waals surface area contributed by atoms with Gasteiger partial charge in [0, 0.05) is 18.5 Å². The minimum absolute atomic E-state index is 0.386. The first-order valence-electron chi connectivity index (χ1n) is 3.76. The van der Waals surface area contributed by atoms with Gasteiger partial charge in [0.25, 0.3) is 0 Å². The summed E-state index contributed by atoms with van der Waals surface area (Å²) in [6, 6.07) is 0. The largest absolute Gasteiger partial charge is 0.466 e. The number of rotatable bonds is 2. The van der Waals surface area contributed by atoms with Gasteiger partial charge in [-0.1, -0.05) is 0 Å². The van der Waals surface area contributed by atoms with Crippen LogP contribution in [0.1, 0.15) is 12.6 Å². The molecule has 68 valence electrons. The third-order valence-electron chi connectivity index (χ3n) is 1.50. The van der Waals surface area contributed by atoms with Crippen LogP contribution < -0.4 is 0 Å². The summed E-state index contributed by atoms with van der Waals surface area (Å²) in [5, 5.41) is 0. The van der Waals surface area contributed by atoms with E-state index in [1.165, 1.54) is 13.2 Å². The van der Waals surface area contributed by atoms with Crippen molar-refractivity contribution in [2.45, 2.75) is 6.92 Å². The monoisotopic (exact) mass is 178 g/mol. The number of nitrogens with zero attached hydrogens (tertiary/aromatic N) is 2. The van der Waals surface area contributed by atoms with Crippen molar-refractivity contribution in [2.75, 3.05) is 7.11 Å². The van der Waals surface area contributed by atoms with Gasteiger partial charge in [0.2, 0.25) is 0 Å². The van der Waals surface area contributed by atoms with Crippen LogP contribution in [0.25, 0.3) is 5.57 Å². The number of methoxy groups -OCH3 is 1. The molecule has 0 aliphatic rings. The van der Waals surface area contributed by atoms with Crippen LogP contribution in [0.3, 0.4) is 0 Å². The summed E-state index contributed by atoms with van der Waals surface area (Å²) in [5.41, 5.74) is 1.41. The molecule has 1 aromatic rings. The van der Waals surface area contributed by atoms with Gasteiger partial charge >= 0.3 is 5.97 Å². The number of ether oxygens (including phenoxy) is 1. The van der Waals surface area contributed by atoms with E-state index in [1.54, 1.807) is 25.5 Å². The highest BCUT2D eigenvalue weighted by Gasteiger charge is 1.99. The Morgan fingerprint density at radius 3 is 2.85 bits per heavy atom. The predicted molar refractivity (Wildman–Crippen MR) is 47.7 cm³/mol. The number of esters is 1. The van der Waals surface area contributed by atoms with Crippen molar-refractivity contribution in [2.24, 2.45) is 0 Å². The molecule has 0 amide bonds. The standard InChI is InChI=1S/C9H10N2O2/c1-7(5-9(12)13-2)8-6-10-3-4-11-8/h3-6H,1-2H3. The summed E-state index contributed by atoms with van der Waals surface area (Å²) in [7, 11) is 1.34. The molecule has 1 heterocycles. The van der Waals surface area contributed by atoms with E-state index in [1.807, 2.05) is 0 Å². The van der Waals surface area contributed by atoms with Gasteiger partial charge in [0.15, 0.2) is 0 Å². The second-order valence-electron chi connectivity index (χ2n) is 2.44. The van der Waals surface area contributed by atoms with Crippen LogP contribution >= 0.6 is 0 Å². The lowest BCUT2D eigenvalue weighted by Gasteiger charge is -1.97. The van der Waals surface area contributed by atoms with Crippen LogP contribution in [-0.4, -0.2) is 23.0 Å². The van der Waals surface area contributed by atoms with E-state index in [9.17, 15) is 4.79 Å². The van der Waals surface area contributed by atoms with E-state index in [0.29, 0.717) is 5.69 Å². The van der Waals surface area contributed by atoms with Gasteiger partial charge in [-0.05, 0) is 12.5 Å². The Kier molecular flexibility index (Phi) is 3.14. The van der Waals surface area contributed by atoms with E-state index in [4.69, 9.17) is 0 Å². The third kappa shape index (κ3) is 2.66. The van der Waals surface area contributed by atoms with Crippen molar-refractivity contribution in [1.29, 1.82) is 0 Å². The van der Waals surface area contributed by atoms with Crippen LogP contribution in [0, 0.1) is 0 Å². The fraction of sp³-hybridized carbons (Fsp3) is 0.222. The van der Waals surface area contributed by atoms with Crippen molar-refractivity contribution in [3.8, 4) is 0 Å². The van der Waals surface area contributed by atoms with Gasteiger partial charge in [-0.2, -0.15) is 0 Å². The summed E-state index contributed by atoms with van der Waals surface area (Å²) in [4.78, 5) is 18.8. The quantitative estimate of drug-likeness (QED) is 0.501. The van der Waals surface area contributed by atoms with Gasteiger partial charge in [-0.25, -0.2) is 4.79 Å². The van der Waals surface area contributed by atoms with Gasteiger partial charge in [-0.3, -0.25) is 9.97 Å². The Balaban J connectivity index is 2.85. The first-order valence-corrected chi connectivity index (χ1v) is 3.76. The highest BCUT2D eigenvalue weighted by molar-refractivity contribution is 5.90. The molecule has 0 fully saturated rings. The molecule has 0 unspecified atom stereocenters. The summed E-state index contributed by atoms with van der Waals surface area (Å²) in [6.07, 6.45) is 6.12. The van der Waals surface area contributed by atoms with Gasteiger partial charge in [0.1, 0.15) is 0 Å². The van der Waals surface area contributed by atoms with Crippen LogP contribution in [0.2, 0.25) is 0 Å². The lowest BCUT2D eigenvalue weighted by Crippen LogP contribution is -1.96. The van der Waals surface area contributed by atoms with Gasteiger partial charge in [0.05, 0.1) is 19.0 Å². The van der Waals surface area contributed by atoms with Crippen LogP contribution in [0.4, 0.5) is 0 Å². The lowest BCUT2D eigenvalue weighted by atomic mass is 10.2. The van der Waals surface area contributed by atoms with Gasteiger partial charge in [-0.15, -0.1) is 0 Å². The van der Waals surface area contributed by atoms with Crippen LogP contribution in [0.15, 0.2) is 24.7 Å². The highest BCUT2D eigenvalue weighted by atomic mass is 16.5. The molecule has 0 N–H and O–H groups in total. The SMILES string of the molecule is COC(=O)C=C(C)c1cnccn1. The Hall–Kier alpha value is -1.71. The molecule has 0 atom stereocenters. The number of aromatic nitrogens is 2. The summed E-state index contributed by atoms with van der Waals surface area (Å²) >= 11 is 0. The van der Waals surface area contributed by atoms with Crippen LogP contribution in [-0.2, 0) is 9.53 Å². The molecule has 1 aromatic heterocycles. The van der Waals surface area contributed by atoms with Crippen molar-refractivity contribution in [3.05, 3.63) is 30.4 Å². The molecule has 0 aliphatic carbocycles.